The van der Waals surface area contributed by atoms with Gasteiger partial charge >= 0.3 is 0 Å². The van der Waals surface area contributed by atoms with Gasteiger partial charge in [-0.1, -0.05) is 0 Å². The van der Waals surface area contributed by atoms with Crippen molar-refractivity contribution in [2.24, 2.45) is 0 Å². The molecule has 0 saturated heterocycles. The number of H-pyrrole nitrogens is 1. The van der Waals surface area contributed by atoms with Gasteiger partial charge < -0.3 is 5.84 Å². The number of hydrogen-bond donors (Lipinski definition) is 2. The van der Waals surface area contributed by atoms with Crippen molar-refractivity contribution in [2.45, 2.75) is 0 Å². The summed E-state index contributed by atoms with van der Waals surface area (Å²) in [6.07, 6.45) is 1.66. The summed E-state index contributed by atoms with van der Waals surface area (Å²) in [6.45, 7) is 0. The molecule has 0 saturated carbocycles. The van der Waals surface area contributed by atoms with Crippen LogP contribution >= 0.6 is 28.1 Å². The molecule has 0 spiro atoms. The van der Waals surface area contributed by atoms with E-state index in [0.29, 0.717) is 16.3 Å². The molecule has 0 amide bonds. The van der Waals surface area contributed by atoms with Crippen LogP contribution in [0.15, 0.2) is 22.8 Å². The van der Waals surface area contributed by atoms with Crippen LogP contribution in [0.25, 0.3) is 11.5 Å². The zero-order chi connectivity index (χ0) is 10.1. The molecule has 2 aromatic rings. The fraction of sp³-hybridized carbons (Fsp3) is 0. The average Bonchev–Trinajstić information content (AvgIpc) is 2.49. The van der Waals surface area contributed by atoms with Gasteiger partial charge in [-0.15, -0.1) is 0 Å². The first-order valence-electron chi connectivity index (χ1n) is 3.73. The molecule has 0 aromatic carbocycles. The summed E-state index contributed by atoms with van der Waals surface area (Å²) in [5.74, 6) is 6.16. The van der Waals surface area contributed by atoms with Crippen molar-refractivity contribution in [1.29, 1.82) is 0 Å². The predicted molar refractivity (Wildman–Crippen MR) is 58.5 cm³/mol. The van der Waals surface area contributed by atoms with Gasteiger partial charge in [-0.3, -0.25) is 4.98 Å². The molecular weight excluding hydrogens is 266 g/mol. The molecule has 0 radical (unpaired) electrons. The maximum atomic E-state index is 5.66. The maximum absolute atomic E-state index is 5.66. The molecule has 0 aliphatic rings. The first kappa shape index (κ1) is 9.35. The number of aromatic nitrogens is 4. The van der Waals surface area contributed by atoms with Gasteiger partial charge in [-0.25, -0.2) is 9.77 Å². The van der Waals surface area contributed by atoms with Crippen LogP contribution in [0.5, 0.6) is 0 Å². The van der Waals surface area contributed by atoms with E-state index >= 15 is 0 Å². The van der Waals surface area contributed by atoms with Crippen LogP contribution in [0.3, 0.4) is 0 Å². The molecule has 0 bridgehead atoms. The second kappa shape index (κ2) is 3.50. The van der Waals surface area contributed by atoms with Crippen LogP contribution in [0.4, 0.5) is 0 Å². The van der Waals surface area contributed by atoms with Crippen molar-refractivity contribution in [2.75, 3.05) is 5.84 Å². The summed E-state index contributed by atoms with van der Waals surface area (Å²) in [5, 5.41) is 6.57. The number of nitrogen functional groups attached to an aromatic ring is 1. The van der Waals surface area contributed by atoms with Crippen molar-refractivity contribution >= 4 is 28.1 Å². The lowest BCUT2D eigenvalue weighted by Gasteiger charge is -2.00. The van der Waals surface area contributed by atoms with Gasteiger partial charge in [0, 0.05) is 10.7 Å². The third kappa shape index (κ3) is 1.44. The van der Waals surface area contributed by atoms with Crippen molar-refractivity contribution in [1.82, 2.24) is 19.9 Å². The molecule has 2 heterocycles. The molecule has 3 N–H and O–H groups in total. The monoisotopic (exact) mass is 271 g/mol. The van der Waals surface area contributed by atoms with Crippen LogP contribution in [-0.4, -0.2) is 19.9 Å². The van der Waals surface area contributed by atoms with Crippen molar-refractivity contribution in [3.63, 3.8) is 0 Å². The van der Waals surface area contributed by atoms with E-state index in [4.69, 9.17) is 18.1 Å². The number of pyridine rings is 1. The Morgan fingerprint density at radius 2 is 2.36 bits per heavy atom. The summed E-state index contributed by atoms with van der Waals surface area (Å²) in [4.78, 5) is 4.15. The minimum Gasteiger partial charge on any atom is -0.335 e. The van der Waals surface area contributed by atoms with Gasteiger partial charge in [-0.05, 0) is 40.3 Å². The first-order valence-corrected chi connectivity index (χ1v) is 4.93. The van der Waals surface area contributed by atoms with Crippen LogP contribution in [-0.2, 0) is 0 Å². The zero-order valence-corrected chi connectivity index (χ0v) is 9.34. The Hall–Kier alpha value is -1.21. The van der Waals surface area contributed by atoms with E-state index in [0.717, 1.165) is 4.47 Å². The molecule has 0 aliphatic carbocycles. The van der Waals surface area contributed by atoms with Gasteiger partial charge in [0.2, 0.25) is 10.6 Å². The van der Waals surface area contributed by atoms with Crippen LogP contribution in [0.2, 0.25) is 0 Å². The number of nitrogens with one attached hydrogen (secondary N) is 1. The second-order valence-electron chi connectivity index (χ2n) is 2.56. The van der Waals surface area contributed by atoms with Gasteiger partial charge in [0.25, 0.3) is 0 Å². The Labute approximate surface area is 93.1 Å². The maximum Gasteiger partial charge on any atom is 0.214 e. The van der Waals surface area contributed by atoms with Crippen LogP contribution < -0.4 is 5.84 Å². The lowest BCUT2D eigenvalue weighted by atomic mass is 10.3. The molecule has 2 rings (SSSR count). The van der Waals surface area contributed by atoms with Gasteiger partial charge in [-0.2, -0.15) is 5.10 Å². The SMILES string of the molecule is Nn1c(-c2ncccc2Br)n[nH]c1=S. The molecule has 0 unspecified atom stereocenters. The highest BCUT2D eigenvalue weighted by Gasteiger charge is 2.10. The smallest absolute Gasteiger partial charge is 0.214 e. The molecule has 0 aliphatic heterocycles. The summed E-state index contributed by atoms with van der Waals surface area (Å²) in [6, 6.07) is 3.68. The zero-order valence-electron chi connectivity index (χ0n) is 6.94. The molecule has 72 valence electrons. The fourth-order valence-corrected chi connectivity index (χ4v) is 1.59. The minimum atomic E-state index is 0.359. The molecule has 0 fully saturated rings. The highest BCUT2D eigenvalue weighted by Crippen LogP contribution is 2.22. The molecule has 7 heteroatoms. The average molecular weight is 272 g/mol. The normalized spacial score (nSPS) is 10.4. The van der Waals surface area contributed by atoms with Crippen molar-refractivity contribution in [3.05, 3.63) is 27.6 Å². The summed E-state index contributed by atoms with van der Waals surface area (Å²) >= 11 is 8.25. The van der Waals surface area contributed by atoms with E-state index in [-0.39, 0.29) is 0 Å². The Balaban J connectivity index is 2.66. The highest BCUT2D eigenvalue weighted by atomic mass is 79.9. The molecular formula is C7H6BrN5S. The molecule has 14 heavy (non-hydrogen) atoms. The number of nitrogens with zero attached hydrogens (tertiary/aromatic N) is 3. The number of halogens is 1. The highest BCUT2D eigenvalue weighted by molar-refractivity contribution is 9.10. The number of aromatic amines is 1. The van der Waals surface area contributed by atoms with Crippen molar-refractivity contribution < 1.29 is 0 Å². The van der Waals surface area contributed by atoms with Gasteiger partial charge in [0.05, 0.1) is 0 Å². The summed E-state index contributed by atoms with van der Waals surface area (Å²) in [7, 11) is 0. The Kier molecular flexibility index (Phi) is 2.34. The van der Waals surface area contributed by atoms with E-state index in [2.05, 4.69) is 31.1 Å². The van der Waals surface area contributed by atoms with Crippen molar-refractivity contribution in [3.8, 4) is 11.5 Å². The van der Waals surface area contributed by atoms with Crippen LogP contribution in [0.1, 0.15) is 0 Å². The molecule has 2 aromatic heterocycles. The minimum absolute atomic E-state index is 0.359. The Morgan fingerprint density at radius 1 is 1.57 bits per heavy atom. The summed E-state index contributed by atoms with van der Waals surface area (Å²) < 4.78 is 2.46. The van der Waals surface area contributed by atoms with Gasteiger partial charge in [0.15, 0.2) is 0 Å². The van der Waals surface area contributed by atoms with Crippen LogP contribution in [0, 0.1) is 4.77 Å². The fourth-order valence-electron chi connectivity index (χ4n) is 1.02. The van der Waals surface area contributed by atoms with E-state index in [1.54, 1.807) is 6.20 Å². The second-order valence-corrected chi connectivity index (χ2v) is 3.80. The van der Waals surface area contributed by atoms with Gasteiger partial charge in [0.1, 0.15) is 5.69 Å². The number of rotatable bonds is 1. The number of nitrogens with two attached hydrogens (primary N) is 1. The predicted octanol–water partition coefficient (Wildman–Crippen LogP) is 1.48. The standard InChI is InChI=1S/C7H6BrN5S/c8-4-2-1-3-10-5(4)6-11-12-7(14)13(6)9/h1-3H,9H2,(H,12,14). The van der Waals surface area contributed by atoms with E-state index < -0.39 is 0 Å². The van der Waals surface area contributed by atoms with E-state index in [1.807, 2.05) is 12.1 Å². The quantitative estimate of drug-likeness (QED) is 0.609. The summed E-state index contributed by atoms with van der Waals surface area (Å²) in [5.41, 5.74) is 0.655. The Bertz CT molecular complexity index is 517. The lowest BCUT2D eigenvalue weighted by Crippen LogP contribution is -2.10. The molecule has 5 nitrogen and oxygen atoms in total. The third-order valence-corrected chi connectivity index (χ3v) is 2.60. The third-order valence-electron chi connectivity index (χ3n) is 1.67. The molecule has 0 atom stereocenters. The first-order chi connectivity index (χ1) is 6.70. The van der Waals surface area contributed by atoms with E-state index in [1.165, 1.54) is 4.68 Å². The topological polar surface area (TPSA) is 72.5 Å². The Morgan fingerprint density at radius 3 is 2.93 bits per heavy atom. The lowest BCUT2D eigenvalue weighted by molar-refractivity contribution is 0.976. The largest absolute Gasteiger partial charge is 0.335 e. The van der Waals surface area contributed by atoms with E-state index in [9.17, 15) is 0 Å². The number of hydrogen-bond acceptors (Lipinski definition) is 4.